The molecule has 1 spiro atoms. The van der Waals surface area contributed by atoms with E-state index in [1.807, 2.05) is 0 Å². The maximum absolute atomic E-state index is 12.9. The molecule has 0 unspecified atom stereocenters. The van der Waals surface area contributed by atoms with E-state index in [4.69, 9.17) is 9.47 Å². The van der Waals surface area contributed by atoms with Gasteiger partial charge >= 0.3 is 5.97 Å². The van der Waals surface area contributed by atoms with E-state index in [-0.39, 0.29) is 41.5 Å². The Morgan fingerprint density at radius 2 is 1.72 bits per heavy atom. The van der Waals surface area contributed by atoms with Gasteiger partial charge in [-0.2, -0.15) is 0 Å². The molecule has 2 N–H and O–H groups in total. The molecule has 0 aromatic rings. The Morgan fingerprint density at radius 3 is 2.45 bits per heavy atom. The number of ether oxygens (including phenoxy) is 2. The molecule has 9 atom stereocenters. The van der Waals surface area contributed by atoms with Crippen molar-refractivity contribution in [2.45, 2.75) is 95.5 Å². The third kappa shape index (κ3) is 2.40. The lowest BCUT2D eigenvalue weighted by Crippen LogP contribution is -2.61. The maximum atomic E-state index is 12.9. The minimum atomic E-state index is -1.42. The highest BCUT2D eigenvalue weighted by Gasteiger charge is 2.77. The van der Waals surface area contributed by atoms with Crippen molar-refractivity contribution < 1.29 is 29.3 Å². The lowest BCUT2D eigenvalue weighted by molar-refractivity contribution is -0.173. The Labute approximate surface area is 172 Å². The predicted octanol–water partition coefficient (Wildman–Crippen LogP) is 2.38. The third-order valence-electron chi connectivity index (χ3n) is 10.1. The Morgan fingerprint density at radius 1 is 1.07 bits per heavy atom. The first-order valence-corrected chi connectivity index (χ1v) is 11.3. The van der Waals surface area contributed by atoms with Crippen LogP contribution in [0.3, 0.4) is 0 Å². The number of carbonyl (C=O) groups excluding carboxylic acids is 2. The van der Waals surface area contributed by atoms with Crippen LogP contribution in [0.5, 0.6) is 0 Å². The van der Waals surface area contributed by atoms with Crippen molar-refractivity contribution in [1.29, 1.82) is 0 Å². The fourth-order valence-electron chi connectivity index (χ4n) is 8.42. The number of hydrogen-bond acceptors (Lipinski definition) is 6. The zero-order chi connectivity index (χ0) is 20.8. The van der Waals surface area contributed by atoms with E-state index < -0.39 is 17.0 Å². The summed E-state index contributed by atoms with van der Waals surface area (Å²) in [6, 6.07) is 0. The minimum Gasteiger partial charge on any atom is -0.458 e. The van der Waals surface area contributed by atoms with Gasteiger partial charge in [-0.25, -0.2) is 0 Å². The molecule has 5 rings (SSSR count). The number of aliphatic hydroxyl groups is 2. The summed E-state index contributed by atoms with van der Waals surface area (Å²) in [5.74, 6) is 0.379. The van der Waals surface area contributed by atoms with Crippen LogP contribution in [-0.4, -0.2) is 52.0 Å². The summed E-state index contributed by atoms with van der Waals surface area (Å²) >= 11 is 0. The van der Waals surface area contributed by atoms with Crippen molar-refractivity contribution >= 4 is 11.8 Å². The van der Waals surface area contributed by atoms with Gasteiger partial charge in [-0.15, -0.1) is 0 Å². The second-order valence-corrected chi connectivity index (χ2v) is 11.0. The molecule has 162 valence electrons. The van der Waals surface area contributed by atoms with Crippen molar-refractivity contribution in [3.8, 4) is 0 Å². The second kappa shape index (κ2) is 6.04. The lowest BCUT2D eigenvalue weighted by Gasteiger charge is -2.59. The Hall–Kier alpha value is -0.980. The number of esters is 1. The molecule has 29 heavy (non-hydrogen) atoms. The molecule has 5 aliphatic rings. The normalized spacial score (nSPS) is 55.1. The second-order valence-electron chi connectivity index (χ2n) is 11.0. The van der Waals surface area contributed by atoms with Crippen molar-refractivity contribution in [1.82, 2.24) is 0 Å². The maximum Gasteiger partial charge on any atom is 0.303 e. The number of aliphatic hydroxyl groups excluding tert-OH is 1. The summed E-state index contributed by atoms with van der Waals surface area (Å²) in [7, 11) is 0. The number of rotatable bonds is 3. The topological polar surface area (TPSA) is 96.4 Å². The number of ketones is 1. The summed E-state index contributed by atoms with van der Waals surface area (Å²) < 4.78 is 11.3. The molecule has 1 aliphatic heterocycles. The highest BCUT2D eigenvalue weighted by atomic mass is 16.6. The molecule has 6 nitrogen and oxygen atoms in total. The smallest absolute Gasteiger partial charge is 0.303 e. The molecule has 0 aromatic carbocycles. The number of hydrogen-bond donors (Lipinski definition) is 2. The quantitative estimate of drug-likeness (QED) is 0.552. The molecule has 1 heterocycles. The van der Waals surface area contributed by atoms with Gasteiger partial charge in [-0.1, -0.05) is 13.8 Å². The predicted molar refractivity (Wildman–Crippen MR) is 104 cm³/mol. The summed E-state index contributed by atoms with van der Waals surface area (Å²) in [6.45, 7) is 5.39. The zero-order valence-electron chi connectivity index (χ0n) is 17.8. The standard InChI is InChI=1S/C23H34O6/c1-13(24)28-12-18(26)22(27)9-6-16-15-10-19-23(29-19)11-14(25)4-7-21(23,3)17(15)5-8-20(16,22)2/h14-17,19,25,27H,4-12H2,1-3H3/t14-,15+,16-,17+,19+,20+,21-,22-,23+/m1/s1. The van der Waals surface area contributed by atoms with E-state index in [0.29, 0.717) is 18.3 Å². The summed E-state index contributed by atoms with van der Waals surface area (Å²) in [5.41, 5.74) is -1.98. The third-order valence-corrected chi connectivity index (χ3v) is 10.1. The number of fused-ring (bicyclic) bond motifs is 4. The molecule has 0 aromatic heterocycles. The SMILES string of the molecule is CC(=O)OCC(=O)[C@]1(O)CC[C@@H]2[C@@H]3C[C@@H]4O[C@@]45C[C@H](O)CC[C@]5(C)[C@H]3CC[C@@]21C. The van der Waals surface area contributed by atoms with E-state index in [9.17, 15) is 19.8 Å². The van der Waals surface area contributed by atoms with Gasteiger partial charge in [0.2, 0.25) is 5.78 Å². The van der Waals surface area contributed by atoms with E-state index in [1.54, 1.807) is 0 Å². The van der Waals surface area contributed by atoms with Crippen LogP contribution in [0.15, 0.2) is 0 Å². The van der Waals surface area contributed by atoms with Crippen LogP contribution < -0.4 is 0 Å². The summed E-state index contributed by atoms with van der Waals surface area (Å²) in [6.07, 6.45) is 6.57. The zero-order valence-corrected chi connectivity index (χ0v) is 17.8. The first-order valence-electron chi connectivity index (χ1n) is 11.3. The summed E-state index contributed by atoms with van der Waals surface area (Å²) in [4.78, 5) is 24.1. The van der Waals surface area contributed by atoms with Crippen molar-refractivity contribution in [2.24, 2.45) is 28.6 Å². The van der Waals surface area contributed by atoms with E-state index in [2.05, 4.69) is 13.8 Å². The monoisotopic (exact) mass is 406 g/mol. The van der Waals surface area contributed by atoms with Gasteiger partial charge in [0, 0.05) is 24.2 Å². The van der Waals surface area contributed by atoms with Crippen LogP contribution >= 0.6 is 0 Å². The fraction of sp³-hybridized carbons (Fsp3) is 0.913. The van der Waals surface area contributed by atoms with Crippen molar-refractivity contribution in [3.05, 3.63) is 0 Å². The van der Waals surface area contributed by atoms with Gasteiger partial charge < -0.3 is 19.7 Å². The van der Waals surface area contributed by atoms with Gasteiger partial charge in [0.15, 0.2) is 6.61 Å². The largest absolute Gasteiger partial charge is 0.458 e. The molecule has 4 saturated carbocycles. The fourth-order valence-corrected chi connectivity index (χ4v) is 8.42. The van der Waals surface area contributed by atoms with Gasteiger partial charge in [-0.05, 0) is 62.7 Å². The molecule has 5 fully saturated rings. The number of carbonyl (C=O) groups is 2. The first-order chi connectivity index (χ1) is 13.6. The average molecular weight is 407 g/mol. The molecular formula is C23H34O6. The van der Waals surface area contributed by atoms with Crippen LogP contribution in [0.25, 0.3) is 0 Å². The highest BCUT2D eigenvalue weighted by molar-refractivity contribution is 5.90. The first kappa shape index (κ1) is 20.0. The Bertz CT molecular complexity index is 752. The van der Waals surface area contributed by atoms with Crippen LogP contribution in [0, 0.1) is 28.6 Å². The van der Waals surface area contributed by atoms with Gasteiger partial charge in [0.25, 0.3) is 0 Å². The average Bonchev–Trinajstić information content (AvgIpc) is 3.28. The van der Waals surface area contributed by atoms with E-state index in [0.717, 1.165) is 44.9 Å². The minimum absolute atomic E-state index is 0.0730. The molecule has 4 aliphatic carbocycles. The molecule has 6 heteroatoms. The molecule has 0 radical (unpaired) electrons. The van der Waals surface area contributed by atoms with Crippen LogP contribution in [-0.2, 0) is 19.1 Å². The van der Waals surface area contributed by atoms with Crippen LogP contribution in [0.4, 0.5) is 0 Å². The molecule has 0 amide bonds. The van der Waals surface area contributed by atoms with E-state index >= 15 is 0 Å². The van der Waals surface area contributed by atoms with Gasteiger partial charge in [-0.3, -0.25) is 9.59 Å². The molecule has 1 saturated heterocycles. The lowest BCUT2D eigenvalue weighted by atomic mass is 9.44. The van der Waals surface area contributed by atoms with E-state index in [1.165, 1.54) is 6.92 Å². The summed E-state index contributed by atoms with van der Waals surface area (Å²) in [5, 5.41) is 21.8. The van der Waals surface area contributed by atoms with Crippen LogP contribution in [0.1, 0.15) is 72.1 Å². The van der Waals surface area contributed by atoms with Crippen molar-refractivity contribution in [3.63, 3.8) is 0 Å². The Balaban J connectivity index is 1.42. The molecular weight excluding hydrogens is 372 g/mol. The van der Waals surface area contributed by atoms with Crippen molar-refractivity contribution in [2.75, 3.05) is 6.61 Å². The highest BCUT2D eigenvalue weighted by Crippen LogP contribution is 2.74. The van der Waals surface area contributed by atoms with Crippen LogP contribution in [0.2, 0.25) is 0 Å². The number of epoxide rings is 1. The Kier molecular flexibility index (Phi) is 4.16. The molecule has 0 bridgehead atoms. The van der Waals surface area contributed by atoms with Gasteiger partial charge in [0.1, 0.15) is 11.2 Å². The van der Waals surface area contributed by atoms with Gasteiger partial charge in [0.05, 0.1) is 12.2 Å². The number of Topliss-reactive ketones (excluding diaryl/α,β-unsaturated/α-hetero) is 1.